The Balaban J connectivity index is 1.41. The molecule has 1 aliphatic heterocycles. The van der Waals surface area contributed by atoms with Gasteiger partial charge in [-0.2, -0.15) is 5.10 Å². The second-order valence-electron chi connectivity index (χ2n) is 7.29. The first-order valence-electron chi connectivity index (χ1n) is 9.44. The summed E-state index contributed by atoms with van der Waals surface area (Å²) in [7, 11) is 1.91. The molecule has 134 valence electrons. The van der Waals surface area contributed by atoms with Crippen LogP contribution in [0.2, 0.25) is 0 Å². The molecule has 0 N–H and O–H groups in total. The van der Waals surface area contributed by atoms with Crippen LogP contribution in [-0.4, -0.2) is 33.2 Å². The molecule has 4 heteroatoms. The van der Waals surface area contributed by atoms with Crippen molar-refractivity contribution in [2.45, 2.75) is 38.1 Å². The molecule has 0 bridgehead atoms. The zero-order valence-corrected chi connectivity index (χ0v) is 15.3. The summed E-state index contributed by atoms with van der Waals surface area (Å²) in [5.41, 5.74) is 2.45. The van der Waals surface area contributed by atoms with Crippen LogP contribution in [0.25, 0.3) is 10.8 Å². The number of hydrogen-bond donors (Lipinski definition) is 0. The van der Waals surface area contributed by atoms with Gasteiger partial charge in [0.1, 0.15) is 0 Å². The molecule has 0 saturated carbocycles. The number of aromatic nitrogens is 2. The molecule has 0 spiro atoms. The minimum atomic E-state index is 0.275. The third-order valence-electron chi connectivity index (χ3n) is 5.37. The Labute approximate surface area is 154 Å². The Hall–Kier alpha value is -2.62. The van der Waals surface area contributed by atoms with E-state index in [-0.39, 0.29) is 5.91 Å². The van der Waals surface area contributed by atoms with Gasteiger partial charge in [-0.25, -0.2) is 0 Å². The summed E-state index contributed by atoms with van der Waals surface area (Å²) in [5, 5.41) is 6.73. The number of rotatable bonds is 5. The monoisotopic (exact) mass is 347 g/mol. The molecule has 1 amide bonds. The molecule has 1 atom stereocenters. The van der Waals surface area contributed by atoms with Crippen molar-refractivity contribution in [3.63, 3.8) is 0 Å². The smallest absolute Gasteiger partial charge is 0.223 e. The summed E-state index contributed by atoms with van der Waals surface area (Å²) in [6.07, 6.45) is 8.34. The van der Waals surface area contributed by atoms with Crippen LogP contribution in [0.1, 0.15) is 30.4 Å². The van der Waals surface area contributed by atoms with Gasteiger partial charge in [0.15, 0.2) is 0 Å². The Bertz CT molecular complexity index is 914. The number of aryl methyl sites for hydroxylation is 2. The normalized spacial score (nSPS) is 17.1. The van der Waals surface area contributed by atoms with Crippen molar-refractivity contribution in [1.29, 1.82) is 0 Å². The van der Waals surface area contributed by atoms with Crippen LogP contribution in [0.15, 0.2) is 54.9 Å². The lowest BCUT2D eigenvalue weighted by Gasteiger charge is -2.25. The van der Waals surface area contributed by atoms with Gasteiger partial charge in [0.25, 0.3) is 0 Å². The van der Waals surface area contributed by atoms with Crippen molar-refractivity contribution in [2.24, 2.45) is 7.05 Å². The van der Waals surface area contributed by atoms with E-state index in [0.717, 1.165) is 37.8 Å². The maximum atomic E-state index is 12.7. The van der Waals surface area contributed by atoms with Gasteiger partial charge in [0, 0.05) is 32.3 Å². The van der Waals surface area contributed by atoms with E-state index < -0.39 is 0 Å². The molecule has 0 aliphatic carbocycles. The van der Waals surface area contributed by atoms with E-state index in [9.17, 15) is 4.79 Å². The lowest BCUT2D eigenvalue weighted by molar-refractivity contribution is -0.131. The van der Waals surface area contributed by atoms with Crippen molar-refractivity contribution >= 4 is 16.7 Å². The van der Waals surface area contributed by atoms with Crippen LogP contribution >= 0.6 is 0 Å². The molecule has 1 saturated heterocycles. The molecular weight excluding hydrogens is 322 g/mol. The van der Waals surface area contributed by atoms with Gasteiger partial charge in [0.05, 0.1) is 6.20 Å². The Kier molecular flexibility index (Phi) is 4.74. The predicted molar refractivity (Wildman–Crippen MR) is 104 cm³/mol. The van der Waals surface area contributed by atoms with E-state index in [2.05, 4.69) is 52.5 Å². The van der Waals surface area contributed by atoms with Gasteiger partial charge in [-0.3, -0.25) is 9.48 Å². The average Bonchev–Trinajstić information content (AvgIpc) is 3.28. The number of hydrogen-bond acceptors (Lipinski definition) is 2. The van der Waals surface area contributed by atoms with Crippen molar-refractivity contribution in [2.75, 3.05) is 6.54 Å². The maximum absolute atomic E-state index is 12.7. The fourth-order valence-corrected chi connectivity index (χ4v) is 4.01. The zero-order chi connectivity index (χ0) is 17.9. The van der Waals surface area contributed by atoms with Crippen LogP contribution < -0.4 is 0 Å². The van der Waals surface area contributed by atoms with E-state index in [1.165, 1.54) is 16.3 Å². The summed E-state index contributed by atoms with van der Waals surface area (Å²) in [5.74, 6) is 0.275. The van der Waals surface area contributed by atoms with Gasteiger partial charge in [-0.1, -0.05) is 42.5 Å². The molecule has 3 aromatic rings. The van der Waals surface area contributed by atoms with Crippen LogP contribution in [0.3, 0.4) is 0 Å². The highest BCUT2D eigenvalue weighted by Crippen LogP contribution is 2.24. The van der Waals surface area contributed by atoms with Crippen molar-refractivity contribution < 1.29 is 4.79 Å². The number of nitrogens with zero attached hydrogens (tertiary/aromatic N) is 3. The van der Waals surface area contributed by atoms with Crippen LogP contribution in [-0.2, 0) is 24.7 Å². The predicted octanol–water partition coefficient (Wildman–Crippen LogP) is 3.74. The Morgan fingerprint density at radius 1 is 1.15 bits per heavy atom. The Morgan fingerprint density at radius 3 is 2.81 bits per heavy atom. The lowest BCUT2D eigenvalue weighted by atomic mass is 10.00. The van der Waals surface area contributed by atoms with Crippen molar-refractivity contribution in [1.82, 2.24) is 14.7 Å². The molecule has 1 aliphatic rings. The van der Waals surface area contributed by atoms with Gasteiger partial charge in [0.2, 0.25) is 5.91 Å². The summed E-state index contributed by atoms with van der Waals surface area (Å²) in [6, 6.07) is 15.4. The topological polar surface area (TPSA) is 38.1 Å². The van der Waals surface area contributed by atoms with Crippen molar-refractivity contribution in [3.05, 3.63) is 66.0 Å². The van der Waals surface area contributed by atoms with Crippen LogP contribution in [0.4, 0.5) is 0 Å². The highest BCUT2D eigenvalue weighted by Gasteiger charge is 2.28. The quantitative estimate of drug-likeness (QED) is 0.705. The minimum Gasteiger partial charge on any atom is -0.339 e. The summed E-state index contributed by atoms with van der Waals surface area (Å²) in [4.78, 5) is 14.8. The molecule has 2 aromatic carbocycles. The highest BCUT2D eigenvalue weighted by atomic mass is 16.2. The van der Waals surface area contributed by atoms with Gasteiger partial charge >= 0.3 is 0 Å². The third kappa shape index (κ3) is 3.64. The number of likely N-dealkylation sites (tertiary alicyclic amines) is 1. The maximum Gasteiger partial charge on any atom is 0.223 e. The minimum absolute atomic E-state index is 0.275. The van der Waals surface area contributed by atoms with E-state index in [1.807, 2.05) is 19.4 Å². The number of carbonyl (C=O) groups is 1. The summed E-state index contributed by atoms with van der Waals surface area (Å²) < 4.78 is 1.79. The molecule has 4 nitrogen and oxygen atoms in total. The molecule has 0 unspecified atom stereocenters. The standard InChI is InChI=1S/C22H25N3O/c1-24-16-18(15-23-24)9-11-22(26)25-12-4-7-21(25)14-17-8-10-19-5-2-3-6-20(19)13-17/h2-3,5-6,8,10,13,15-16,21H,4,7,9,11-12,14H2,1H3/t21-/m1/s1. The van der Waals surface area contributed by atoms with Crippen molar-refractivity contribution in [3.8, 4) is 0 Å². The average molecular weight is 347 g/mol. The van der Waals surface area contributed by atoms with E-state index >= 15 is 0 Å². The van der Waals surface area contributed by atoms with Crippen LogP contribution in [0, 0.1) is 0 Å². The zero-order valence-electron chi connectivity index (χ0n) is 15.3. The lowest BCUT2D eigenvalue weighted by Crippen LogP contribution is -2.36. The first kappa shape index (κ1) is 16.8. The van der Waals surface area contributed by atoms with E-state index in [0.29, 0.717) is 12.5 Å². The molecule has 2 heterocycles. The highest BCUT2D eigenvalue weighted by molar-refractivity contribution is 5.83. The molecule has 0 radical (unpaired) electrons. The van der Waals surface area contributed by atoms with Crippen LogP contribution in [0.5, 0.6) is 0 Å². The first-order valence-corrected chi connectivity index (χ1v) is 9.44. The second-order valence-corrected chi connectivity index (χ2v) is 7.29. The number of benzene rings is 2. The van der Waals surface area contributed by atoms with Gasteiger partial charge in [-0.05, 0) is 47.6 Å². The van der Waals surface area contributed by atoms with E-state index in [1.54, 1.807) is 4.68 Å². The second kappa shape index (κ2) is 7.32. The number of fused-ring (bicyclic) bond motifs is 1. The molecule has 4 rings (SSSR count). The fraction of sp³-hybridized carbons (Fsp3) is 0.364. The fourth-order valence-electron chi connectivity index (χ4n) is 4.01. The van der Waals surface area contributed by atoms with Gasteiger partial charge in [-0.15, -0.1) is 0 Å². The molecule has 1 fully saturated rings. The summed E-state index contributed by atoms with van der Waals surface area (Å²) in [6.45, 7) is 0.893. The first-order chi connectivity index (χ1) is 12.7. The SMILES string of the molecule is Cn1cc(CCC(=O)N2CCC[C@@H]2Cc2ccc3ccccc3c2)cn1. The number of carbonyl (C=O) groups excluding carboxylic acids is 1. The summed E-state index contributed by atoms with van der Waals surface area (Å²) >= 11 is 0. The van der Waals surface area contributed by atoms with E-state index in [4.69, 9.17) is 0 Å². The molecule has 1 aromatic heterocycles. The van der Waals surface area contributed by atoms with Gasteiger partial charge < -0.3 is 4.90 Å². The number of amides is 1. The molecular formula is C22H25N3O. The third-order valence-corrected chi connectivity index (χ3v) is 5.37. The Morgan fingerprint density at radius 2 is 2.00 bits per heavy atom. The molecule has 26 heavy (non-hydrogen) atoms. The largest absolute Gasteiger partial charge is 0.339 e.